The number of aliphatic carboxylic acids is 1. The number of nitrogens with zero attached hydrogens (tertiary/aromatic N) is 4. The molecular formula is C15H31N4O20P5+2. The second-order valence-electron chi connectivity index (χ2n) is 9.40. The molecule has 2 heterocycles. The molecule has 0 amide bonds. The molecule has 0 saturated heterocycles. The summed E-state index contributed by atoms with van der Waals surface area (Å²) in [5.74, 6) is -1.19. The minimum Gasteiger partial charge on any atom is -0.478 e. The van der Waals surface area contributed by atoms with Gasteiger partial charge >= 0.3 is 54.1 Å². The first kappa shape index (κ1) is 40.5. The monoisotopic (exact) mass is 742 g/mol. The molecule has 0 radical (unpaired) electrons. The predicted molar refractivity (Wildman–Crippen MR) is 138 cm³/mol. The molecule has 0 aliphatic heterocycles. The van der Waals surface area contributed by atoms with Gasteiger partial charge in [-0.1, -0.05) is 0 Å². The van der Waals surface area contributed by atoms with Crippen LogP contribution in [0.5, 0.6) is 0 Å². The van der Waals surface area contributed by atoms with Gasteiger partial charge in [0.15, 0.2) is 6.54 Å². The first-order valence-electron chi connectivity index (χ1n) is 11.0. The molecule has 29 heteroatoms. The van der Waals surface area contributed by atoms with Crippen molar-refractivity contribution in [3.8, 4) is 0 Å². The van der Waals surface area contributed by atoms with Gasteiger partial charge < -0.3 is 69.4 Å². The fraction of sp³-hybridized carbons (Fsp3) is 0.533. The van der Waals surface area contributed by atoms with Gasteiger partial charge in [0.2, 0.25) is 18.0 Å². The summed E-state index contributed by atoms with van der Waals surface area (Å²) in [6, 6.07) is 0. The molecule has 0 spiro atoms. The fourth-order valence-electron chi connectivity index (χ4n) is 3.04. The molecule has 0 aromatic carbocycles. The zero-order valence-corrected chi connectivity index (χ0v) is 26.5. The van der Waals surface area contributed by atoms with Crippen molar-refractivity contribution in [2.24, 2.45) is 0 Å². The Morgan fingerprint density at radius 2 is 0.955 bits per heavy atom. The molecule has 2 rings (SSSR count). The largest absolute Gasteiger partial charge is 0.478 e. The Bertz CT molecular complexity index is 1530. The van der Waals surface area contributed by atoms with Gasteiger partial charge in [-0.05, 0) is 6.92 Å². The Morgan fingerprint density at radius 1 is 0.636 bits per heavy atom. The quantitative estimate of drug-likeness (QED) is 0.0679. The normalized spacial score (nSPS) is 15.3. The van der Waals surface area contributed by atoms with Gasteiger partial charge in [0.25, 0.3) is 0 Å². The van der Waals surface area contributed by atoms with Crippen LogP contribution in [0.4, 0.5) is 0 Å². The Hall–Kier alpha value is -1.48. The summed E-state index contributed by atoms with van der Waals surface area (Å²) in [5, 5.41) is 28.0. The number of aromatic nitrogens is 4. The number of carbonyl (C=O) groups is 1. The molecule has 0 aliphatic carbocycles. The predicted octanol–water partition coefficient (Wildman–Crippen LogP) is -4.47. The zero-order valence-electron chi connectivity index (χ0n) is 22.0. The van der Waals surface area contributed by atoms with Crippen LogP contribution >= 0.6 is 38.0 Å². The van der Waals surface area contributed by atoms with Crippen molar-refractivity contribution in [1.82, 2.24) is 9.13 Å². The number of aliphatic hydroxyl groups is 3. The highest BCUT2D eigenvalue weighted by molar-refractivity contribution is 7.72. The van der Waals surface area contributed by atoms with Crippen molar-refractivity contribution in [1.29, 1.82) is 0 Å². The number of rotatable bonds is 13. The minimum atomic E-state index is -5.64. The van der Waals surface area contributed by atoms with Crippen LogP contribution in [0, 0.1) is 0 Å². The number of imidazole rings is 2. The molecule has 0 aliphatic rings. The highest BCUT2D eigenvalue weighted by atomic mass is 31.2. The van der Waals surface area contributed by atoms with Crippen LogP contribution in [0.15, 0.2) is 37.4 Å². The lowest BCUT2D eigenvalue weighted by atomic mass is 10.4. The third kappa shape index (κ3) is 9.76. The lowest BCUT2D eigenvalue weighted by Gasteiger charge is -2.27. The highest BCUT2D eigenvalue weighted by Crippen LogP contribution is 2.68. The maximum absolute atomic E-state index is 11.3. The van der Waals surface area contributed by atoms with E-state index in [1.165, 1.54) is 6.20 Å². The van der Waals surface area contributed by atoms with Gasteiger partial charge in [0, 0.05) is 0 Å². The zero-order chi connectivity index (χ0) is 35.0. The van der Waals surface area contributed by atoms with Crippen LogP contribution in [0.3, 0.4) is 0 Å². The van der Waals surface area contributed by atoms with Gasteiger partial charge in [0.1, 0.15) is 44.4 Å². The average Bonchev–Trinajstić information content (AvgIpc) is 3.38. The van der Waals surface area contributed by atoms with Gasteiger partial charge in [0.05, 0.1) is 0 Å². The van der Waals surface area contributed by atoms with E-state index in [1.807, 2.05) is 0 Å². The van der Waals surface area contributed by atoms with E-state index in [9.17, 15) is 42.9 Å². The summed E-state index contributed by atoms with van der Waals surface area (Å²) >= 11 is 0. The first-order valence-corrected chi connectivity index (χ1v) is 19.1. The molecule has 1 atom stereocenters. The van der Waals surface area contributed by atoms with Crippen molar-refractivity contribution in [2.45, 2.75) is 48.6 Å². The minimum absolute atomic E-state index is 0.461. The van der Waals surface area contributed by atoms with Crippen LogP contribution in [0.2, 0.25) is 0 Å². The number of carboxylic acid groups (broad SMARTS) is 1. The van der Waals surface area contributed by atoms with Gasteiger partial charge in [-0.15, -0.1) is 0 Å². The standard InChI is InChI=1S/C8H17N2O11P3.C7H12N2O9P2/c1-7(11,22(13,14)15)4-9-2-3-10(6-9)5-8(12,23(16,17)18)24(19,20)21;10-6(11)3-8-1-2-9(5-8)4-7(12,19(13,14)15)20(16,17)18/h2-3,6,11-12H,4-5H2,1H3,(H5-,13,14,15,16,17,18,19,20,21);1-2,5,12H,3-4H2,(H4-,10,11,13,14,15,16,17,18)/p+2. The van der Waals surface area contributed by atoms with E-state index in [0.717, 1.165) is 56.4 Å². The second-order valence-corrected chi connectivity index (χ2v) is 19.5. The molecule has 0 saturated carbocycles. The Balaban J connectivity index is 0.000000447. The van der Waals surface area contributed by atoms with Crippen LogP contribution in [-0.4, -0.2) is 100.0 Å². The summed E-state index contributed by atoms with van der Waals surface area (Å²) in [6.45, 7) is -2.54. The molecule has 1 unspecified atom stereocenters. The Labute approximate surface area is 245 Å². The van der Waals surface area contributed by atoms with Crippen molar-refractivity contribution in [3.63, 3.8) is 0 Å². The molecule has 254 valence electrons. The number of carboxylic acids is 1. The topological polar surface area (TPSA) is 403 Å². The molecule has 24 nitrogen and oxygen atoms in total. The van der Waals surface area contributed by atoms with Gasteiger partial charge in [-0.25, -0.2) is 23.1 Å². The van der Waals surface area contributed by atoms with E-state index in [1.54, 1.807) is 0 Å². The smallest absolute Gasteiger partial charge is 0.373 e. The third-order valence-electron chi connectivity index (χ3n) is 5.58. The molecule has 14 N–H and O–H groups in total. The SMILES string of the molecule is CC(O)(C[n+]1ccn(CC(O)(P(=O)(O)O)P(=O)(O)O)c1)P(=O)(O)O.O=C(O)C[n+]1ccn(CC(O)(P(=O)(O)O)P(=O)(O)O)c1. The lowest BCUT2D eigenvalue weighted by Crippen LogP contribution is -2.45. The van der Waals surface area contributed by atoms with Gasteiger partial charge in [-0.3, -0.25) is 22.8 Å². The maximum atomic E-state index is 11.3. The second kappa shape index (κ2) is 13.3. The van der Waals surface area contributed by atoms with Crippen molar-refractivity contribution >= 4 is 43.9 Å². The summed E-state index contributed by atoms with van der Waals surface area (Å²) in [4.78, 5) is 100. The summed E-state index contributed by atoms with van der Waals surface area (Å²) in [7, 11) is -27.3. The van der Waals surface area contributed by atoms with E-state index in [2.05, 4.69) is 0 Å². The fourth-order valence-corrected chi connectivity index (χ4v) is 7.50. The molecular weight excluding hydrogens is 711 g/mol. The lowest BCUT2D eigenvalue weighted by molar-refractivity contribution is -0.705. The Kier molecular flexibility index (Phi) is 12.3. The highest BCUT2D eigenvalue weighted by Gasteiger charge is 2.62. The summed E-state index contributed by atoms with van der Waals surface area (Å²) in [6.07, 6.45) is 6.44. The summed E-state index contributed by atoms with van der Waals surface area (Å²) in [5.41, 5.74) is 0. The molecule has 0 fully saturated rings. The third-order valence-corrected chi connectivity index (χ3v) is 14.4. The maximum Gasteiger partial charge on any atom is 0.373 e. The van der Waals surface area contributed by atoms with Gasteiger partial charge in [-0.2, -0.15) is 0 Å². The molecule has 0 bridgehead atoms. The van der Waals surface area contributed by atoms with E-state index in [4.69, 9.17) is 54.0 Å². The average molecular weight is 742 g/mol. The van der Waals surface area contributed by atoms with E-state index in [0.29, 0.717) is 0 Å². The van der Waals surface area contributed by atoms with Crippen LogP contribution in [-0.2, 0) is 53.8 Å². The summed E-state index contributed by atoms with van der Waals surface area (Å²) < 4.78 is 59.6. The molecule has 2 aromatic heterocycles. The van der Waals surface area contributed by atoms with E-state index < -0.39 is 85.6 Å². The number of hydrogen-bond acceptors (Lipinski definition) is 9. The van der Waals surface area contributed by atoms with Crippen LogP contribution in [0.25, 0.3) is 0 Å². The Morgan fingerprint density at radius 3 is 1.25 bits per heavy atom. The van der Waals surface area contributed by atoms with E-state index in [-0.39, 0.29) is 0 Å². The van der Waals surface area contributed by atoms with Crippen molar-refractivity contribution < 1.29 is 106 Å². The number of hydrogen-bond donors (Lipinski definition) is 14. The van der Waals surface area contributed by atoms with Crippen LogP contribution < -0.4 is 9.13 Å². The van der Waals surface area contributed by atoms with Crippen LogP contribution in [0.1, 0.15) is 6.92 Å². The van der Waals surface area contributed by atoms with E-state index >= 15 is 0 Å². The molecule has 2 aromatic rings. The first-order chi connectivity index (χ1) is 19.3. The van der Waals surface area contributed by atoms with Crippen molar-refractivity contribution in [2.75, 3.05) is 0 Å². The van der Waals surface area contributed by atoms with Crippen molar-refractivity contribution in [3.05, 3.63) is 37.4 Å². The molecule has 44 heavy (non-hydrogen) atoms.